The zero-order chi connectivity index (χ0) is 15.1. The smallest absolute Gasteiger partial charge is 0.124 e. The molecule has 0 aliphatic carbocycles. The van der Waals surface area contributed by atoms with Gasteiger partial charge in [-0.1, -0.05) is 6.92 Å². The first-order valence-corrected chi connectivity index (χ1v) is 6.93. The average molecular weight is 280 g/mol. The van der Waals surface area contributed by atoms with Gasteiger partial charge < -0.3 is 10.6 Å². The van der Waals surface area contributed by atoms with Crippen LogP contribution in [0, 0.1) is 11.2 Å². The molecule has 0 amide bonds. The number of benzene rings is 1. The highest BCUT2D eigenvalue weighted by Crippen LogP contribution is 2.12. The Morgan fingerprint density at radius 1 is 1.20 bits per heavy atom. The lowest BCUT2D eigenvalue weighted by Gasteiger charge is -2.24. The quantitative estimate of drug-likeness (QED) is 0.565. The molecule has 0 aromatic heterocycles. The Morgan fingerprint density at radius 2 is 1.90 bits per heavy atom. The molecule has 1 rings (SSSR count). The van der Waals surface area contributed by atoms with E-state index in [4.69, 9.17) is 11.1 Å². The van der Waals surface area contributed by atoms with Crippen LogP contribution < -0.4 is 5.73 Å². The first-order valence-electron chi connectivity index (χ1n) is 6.93. The van der Waals surface area contributed by atoms with Crippen molar-refractivity contribution >= 4 is 5.84 Å². The predicted molar refractivity (Wildman–Crippen MR) is 81.5 cm³/mol. The maximum Gasteiger partial charge on any atom is 0.124 e. The van der Waals surface area contributed by atoms with Crippen molar-refractivity contribution in [3.8, 4) is 0 Å². The van der Waals surface area contributed by atoms with Crippen LogP contribution in [0.15, 0.2) is 18.2 Å². The molecule has 20 heavy (non-hydrogen) atoms. The zero-order valence-electron chi connectivity index (χ0n) is 12.6. The van der Waals surface area contributed by atoms with E-state index in [0.29, 0.717) is 12.1 Å². The van der Waals surface area contributed by atoms with E-state index >= 15 is 0 Å². The molecule has 0 saturated carbocycles. The number of nitrogens with two attached hydrogens (primary N) is 1. The van der Waals surface area contributed by atoms with Crippen molar-refractivity contribution in [2.45, 2.75) is 19.9 Å². The fourth-order valence-corrected chi connectivity index (χ4v) is 2.08. The normalized spacial score (nSPS) is 11.3. The lowest BCUT2D eigenvalue weighted by Crippen LogP contribution is -2.32. The molecule has 0 aliphatic rings. The highest BCUT2D eigenvalue weighted by molar-refractivity contribution is 5.95. The molecule has 0 aliphatic heterocycles. The molecular weight excluding hydrogens is 255 g/mol. The van der Waals surface area contributed by atoms with E-state index in [1.165, 1.54) is 12.1 Å². The summed E-state index contributed by atoms with van der Waals surface area (Å²) in [7, 11) is 4.08. The molecule has 0 saturated heterocycles. The van der Waals surface area contributed by atoms with Crippen LogP contribution in [0.5, 0.6) is 0 Å². The second-order valence-corrected chi connectivity index (χ2v) is 5.34. The second kappa shape index (κ2) is 7.97. The molecule has 0 atom stereocenters. The van der Waals surface area contributed by atoms with Gasteiger partial charge >= 0.3 is 0 Å². The first kappa shape index (κ1) is 16.6. The zero-order valence-corrected chi connectivity index (χ0v) is 12.6. The van der Waals surface area contributed by atoms with E-state index in [0.717, 1.165) is 31.6 Å². The van der Waals surface area contributed by atoms with Gasteiger partial charge in [-0.25, -0.2) is 4.39 Å². The van der Waals surface area contributed by atoms with E-state index in [9.17, 15) is 4.39 Å². The summed E-state index contributed by atoms with van der Waals surface area (Å²) in [4.78, 5) is 4.42. The van der Waals surface area contributed by atoms with Gasteiger partial charge in [-0.2, -0.15) is 0 Å². The Balaban J connectivity index is 2.79. The number of nitrogens with one attached hydrogen (secondary N) is 1. The molecule has 0 spiro atoms. The molecule has 1 aromatic carbocycles. The molecule has 112 valence electrons. The summed E-state index contributed by atoms with van der Waals surface area (Å²) in [6.45, 7) is 5.69. The van der Waals surface area contributed by atoms with Crippen molar-refractivity contribution < 1.29 is 4.39 Å². The fourth-order valence-electron chi connectivity index (χ4n) is 2.08. The molecule has 0 heterocycles. The molecule has 1 aromatic rings. The Labute approximate surface area is 120 Å². The molecule has 4 nitrogen and oxygen atoms in total. The molecule has 0 unspecified atom stereocenters. The maximum atomic E-state index is 13.6. The van der Waals surface area contributed by atoms with Crippen LogP contribution in [0.2, 0.25) is 0 Å². The lowest BCUT2D eigenvalue weighted by atomic mass is 10.1. The standard InChI is InChI=1S/C15H25FN4/c1-4-5-20(7-6-19(2)3)11-12-8-13(15(17)18)10-14(16)9-12/h8-10H,4-7,11H2,1-3H3,(H3,17,18). The number of amidine groups is 1. The molecule has 0 fully saturated rings. The number of nitrogen functional groups attached to an aromatic ring is 1. The van der Waals surface area contributed by atoms with Gasteiger partial charge in [0.05, 0.1) is 0 Å². The van der Waals surface area contributed by atoms with Crippen molar-refractivity contribution in [3.05, 3.63) is 35.1 Å². The van der Waals surface area contributed by atoms with Crippen LogP contribution in [0.25, 0.3) is 0 Å². The van der Waals surface area contributed by atoms with Gasteiger partial charge in [0.25, 0.3) is 0 Å². The Morgan fingerprint density at radius 3 is 2.45 bits per heavy atom. The van der Waals surface area contributed by atoms with E-state index in [-0.39, 0.29) is 11.7 Å². The monoisotopic (exact) mass is 280 g/mol. The molecule has 0 radical (unpaired) electrons. The Hall–Kier alpha value is -1.46. The number of hydrogen-bond donors (Lipinski definition) is 2. The van der Waals surface area contributed by atoms with Gasteiger partial charge in [0.2, 0.25) is 0 Å². The van der Waals surface area contributed by atoms with Crippen LogP contribution in [-0.4, -0.2) is 49.4 Å². The molecule has 5 heteroatoms. The number of nitrogens with zero attached hydrogens (tertiary/aromatic N) is 2. The van der Waals surface area contributed by atoms with E-state index in [1.54, 1.807) is 6.07 Å². The maximum absolute atomic E-state index is 13.6. The van der Waals surface area contributed by atoms with Gasteiger partial charge in [0.1, 0.15) is 11.7 Å². The van der Waals surface area contributed by atoms with Crippen LogP contribution in [-0.2, 0) is 6.54 Å². The van der Waals surface area contributed by atoms with Gasteiger partial charge in [-0.15, -0.1) is 0 Å². The summed E-state index contributed by atoms with van der Waals surface area (Å²) < 4.78 is 13.6. The minimum Gasteiger partial charge on any atom is -0.384 e. The van der Waals surface area contributed by atoms with E-state index in [2.05, 4.69) is 16.7 Å². The van der Waals surface area contributed by atoms with Crippen molar-refractivity contribution in [1.29, 1.82) is 5.41 Å². The van der Waals surface area contributed by atoms with Gasteiger partial charge in [-0.05, 0) is 50.8 Å². The Bertz CT molecular complexity index is 445. The summed E-state index contributed by atoms with van der Waals surface area (Å²) in [6.07, 6.45) is 1.06. The van der Waals surface area contributed by atoms with Crippen LogP contribution in [0.1, 0.15) is 24.5 Å². The van der Waals surface area contributed by atoms with Crippen LogP contribution >= 0.6 is 0 Å². The molecular formula is C15H25FN4. The number of hydrogen-bond acceptors (Lipinski definition) is 3. The first-order chi connectivity index (χ1) is 9.42. The third kappa shape index (κ3) is 5.67. The van der Waals surface area contributed by atoms with Gasteiger partial charge in [0.15, 0.2) is 0 Å². The van der Waals surface area contributed by atoms with Crippen LogP contribution in [0.3, 0.4) is 0 Å². The highest BCUT2D eigenvalue weighted by Gasteiger charge is 2.09. The largest absolute Gasteiger partial charge is 0.384 e. The van der Waals surface area contributed by atoms with E-state index < -0.39 is 0 Å². The summed E-state index contributed by atoms with van der Waals surface area (Å²) in [5.41, 5.74) is 6.75. The predicted octanol–water partition coefficient (Wildman–Crippen LogP) is 1.88. The minimum atomic E-state index is -0.336. The number of rotatable bonds is 8. The van der Waals surface area contributed by atoms with Crippen molar-refractivity contribution in [2.75, 3.05) is 33.7 Å². The minimum absolute atomic E-state index is 0.0962. The SMILES string of the molecule is CCCN(CCN(C)C)Cc1cc(F)cc(C(=N)N)c1. The Kier molecular flexibility index (Phi) is 6.61. The highest BCUT2D eigenvalue weighted by atomic mass is 19.1. The third-order valence-electron chi connectivity index (χ3n) is 3.08. The summed E-state index contributed by atoms with van der Waals surface area (Å²) in [6, 6.07) is 4.62. The average Bonchev–Trinajstić information content (AvgIpc) is 2.35. The van der Waals surface area contributed by atoms with Gasteiger partial charge in [-0.3, -0.25) is 10.3 Å². The summed E-state index contributed by atoms with van der Waals surface area (Å²) in [5, 5.41) is 7.42. The molecule has 3 N–H and O–H groups in total. The third-order valence-corrected chi connectivity index (χ3v) is 3.08. The number of halogens is 1. The fraction of sp³-hybridized carbons (Fsp3) is 0.533. The van der Waals surface area contributed by atoms with Crippen molar-refractivity contribution in [1.82, 2.24) is 9.80 Å². The second-order valence-electron chi connectivity index (χ2n) is 5.34. The summed E-state index contributed by atoms with van der Waals surface area (Å²) in [5.74, 6) is -0.433. The van der Waals surface area contributed by atoms with E-state index in [1.807, 2.05) is 14.1 Å². The number of likely N-dealkylation sites (N-methyl/N-ethyl adjacent to an activating group) is 1. The van der Waals surface area contributed by atoms with Crippen molar-refractivity contribution in [2.24, 2.45) is 5.73 Å². The van der Waals surface area contributed by atoms with Crippen LogP contribution in [0.4, 0.5) is 4.39 Å². The topological polar surface area (TPSA) is 56.4 Å². The summed E-state index contributed by atoms with van der Waals surface area (Å²) >= 11 is 0. The molecule has 0 bridgehead atoms. The van der Waals surface area contributed by atoms with Gasteiger partial charge in [0, 0.05) is 25.2 Å². The lowest BCUT2D eigenvalue weighted by molar-refractivity contribution is 0.234. The van der Waals surface area contributed by atoms with Crippen molar-refractivity contribution in [3.63, 3.8) is 0 Å².